The zero-order valence-corrected chi connectivity index (χ0v) is 9.88. The molecular weight excluding hydrogens is 214 g/mol. The molecule has 0 unspecified atom stereocenters. The van der Waals surface area contributed by atoms with Crippen molar-refractivity contribution >= 4 is 17.5 Å². The summed E-state index contributed by atoms with van der Waals surface area (Å²) in [7, 11) is 3.16. The molecule has 3 nitrogen and oxygen atoms in total. The van der Waals surface area contributed by atoms with Crippen molar-refractivity contribution in [2.45, 2.75) is 0 Å². The highest BCUT2D eigenvalue weighted by Crippen LogP contribution is 2.07. The van der Waals surface area contributed by atoms with Gasteiger partial charge in [-0.1, -0.05) is 30.8 Å². The lowest BCUT2D eigenvalue weighted by atomic mass is 10.2. The first-order valence-corrected chi connectivity index (χ1v) is 4.79. The van der Waals surface area contributed by atoms with Gasteiger partial charge >= 0.3 is 0 Å². The average molecular weight is 230 g/mol. The van der Waals surface area contributed by atoms with Crippen molar-refractivity contribution in [2.24, 2.45) is 0 Å². The van der Waals surface area contributed by atoms with Crippen molar-refractivity contribution in [3.8, 4) is 0 Å². The lowest BCUT2D eigenvalue weighted by Crippen LogP contribution is -2.31. The van der Waals surface area contributed by atoms with E-state index >= 15 is 0 Å². The predicted molar refractivity (Wildman–Crippen MR) is 62.8 cm³/mol. The van der Waals surface area contributed by atoms with Crippen LogP contribution in [0.4, 0.5) is 0 Å². The van der Waals surface area contributed by atoms with E-state index < -0.39 is 0 Å². The van der Waals surface area contributed by atoms with Crippen LogP contribution in [0.5, 0.6) is 0 Å². The number of ether oxygens (including phenoxy) is 1. The van der Waals surface area contributed by atoms with E-state index in [-0.39, 0.29) is 12.5 Å². The molecule has 0 rings (SSSR count). The molecule has 0 aromatic rings. The van der Waals surface area contributed by atoms with Crippen molar-refractivity contribution in [3.63, 3.8) is 0 Å². The highest BCUT2D eigenvalue weighted by molar-refractivity contribution is 6.31. The van der Waals surface area contributed by atoms with Gasteiger partial charge in [-0.2, -0.15) is 0 Å². The number of nitrogens with zero attached hydrogens (tertiary/aromatic N) is 1. The number of rotatable bonds is 6. The van der Waals surface area contributed by atoms with Gasteiger partial charge in [0.2, 0.25) is 5.91 Å². The number of carbonyl (C=O) groups is 1. The smallest absolute Gasteiger partial charge is 0.248 e. The van der Waals surface area contributed by atoms with Crippen LogP contribution in [0, 0.1) is 0 Å². The predicted octanol–water partition coefficient (Wildman–Crippen LogP) is 1.96. The van der Waals surface area contributed by atoms with Gasteiger partial charge in [-0.05, 0) is 11.6 Å². The van der Waals surface area contributed by atoms with E-state index in [0.717, 1.165) is 5.57 Å². The number of allylic oxidation sites excluding steroid dienone is 2. The fourth-order valence-electron chi connectivity index (χ4n) is 0.926. The van der Waals surface area contributed by atoms with Crippen LogP contribution in [0.25, 0.3) is 0 Å². The second-order valence-corrected chi connectivity index (χ2v) is 3.51. The third-order valence-corrected chi connectivity index (χ3v) is 1.93. The highest BCUT2D eigenvalue weighted by Gasteiger charge is 2.07. The first-order valence-electron chi connectivity index (χ1n) is 4.41. The van der Waals surface area contributed by atoms with Gasteiger partial charge in [0, 0.05) is 25.7 Å². The summed E-state index contributed by atoms with van der Waals surface area (Å²) < 4.78 is 4.73. The van der Waals surface area contributed by atoms with Crippen molar-refractivity contribution < 1.29 is 9.53 Å². The largest absolute Gasteiger partial charge is 0.375 e. The monoisotopic (exact) mass is 229 g/mol. The molecule has 0 N–H and O–H groups in total. The van der Waals surface area contributed by atoms with Gasteiger partial charge in [-0.15, -0.1) is 0 Å². The maximum Gasteiger partial charge on any atom is 0.248 e. The molecule has 0 atom stereocenters. The van der Waals surface area contributed by atoms with Crippen molar-refractivity contribution in [3.05, 3.63) is 35.9 Å². The number of hydrogen-bond donors (Lipinski definition) is 0. The maximum absolute atomic E-state index is 11.3. The van der Waals surface area contributed by atoms with E-state index in [1.165, 1.54) is 18.1 Å². The first kappa shape index (κ1) is 13.9. The topological polar surface area (TPSA) is 29.5 Å². The first-order chi connectivity index (χ1) is 7.01. The Bertz CT molecular complexity index is 284. The van der Waals surface area contributed by atoms with Crippen LogP contribution in [-0.4, -0.2) is 38.1 Å². The summed E-state index contributed by atoms with van der Waals surface area (Å²) >= 11 is 5.74. The van der Waals surface area contributed by atoms with Crippen LogP contribution >= 0.6 is 11.6 Å². The van der Waals surface area contributed by atoms with E-state index in [4.69, 9.17) is 16.3 Å². The molecule has 0 aliphatic heterocycles. The molecule has 84 valence electrons. The van der Waals surface area contributed by atoms with Gasteiger partial charge in [0.25, 0.3) is 0 Å². The Morgan fingerprint density at radius 1 is 1.60 bits per heavy atom. The van der Waals surface area contributed by atoms with Crippen LogP contribution in [0.3, 0.4) is 0 Å². The third-order valence-electron chi connectivity index (χ3n) is 1.67. The van der Waals surface area contributed by atoms with E-state index in [9.17, 15) is 4.79 Å². The molecule has 0 aromatic heterocycles. The van der Waals surface area contributed by atoms with E-state index in [0.29, 0.717) is 11.6 Å². The van der Waals surface area contributed by atoms with Crippen molar-refractivity contribution in [1.29, 1.82) is 0 Å². The van der Waals surface area contributed by atoms with E-state index in [2.05, 4.69) is 13.2 Å². The second-order valence-electron chi connectivity index (χ2n) is 3.07. The zero-order valence-electron chi connectivity index (χ0n) is 9.12. The molecular formula is C11H16ClNO2. The average Bonchev–Trinajstić information content (AvgIpc) is 2.17. The lowest BCUT2D eigenvalue weighted by molar-refractivity contribution is -0.133. The summed E-state index contributed by atoms with van der Waals surface area (Å²) in [5, 5.41) is 0.507. The Morgan fingerprint density at radius 3 is 2.67 bits per heavy atom. The molecule has 4 heteroatoms. The molecule has 0 fully saturated rings. The summed E-state index contributed by atoms with van der Waals surface area (Å²) in [4.78, 5) is 12.8. The van der Waals surface area contributed by atoms with Crippen LogP contribution in [0.1, 0.15) is 0 Å². The molecule has 0 radical (unpaired) electrons. The summed E-state index contributed by atoms with van der Waals surface area (Å²) in [5.41, 5.74) is 0.742. The molecule has 0 heterocycles. The van der Waals surface area contributed by atoms with Gasteiger partial charge in [0.1, 0.15) is 6.61 Å². The van der Waals surface area contributed by atoms with Crippen molar-refractivity contribution in [1.82, 2.24) is 4.90 Å². The molecule has 0 aliphatic rings. The normalized spacial score (nSPS) is 11.0. The fraction of sp³-hybridized carbons (Fsp3) is 0.364. The van der Waals surface area contributed by atoms with Crippen LogP contribution < -0.4 is 0 Å². The highest BCUT2D eigenvalue weighted by atomic mass is 35.5. The Hall–Kier alpha value is -1.06. The minimum atomic E-state index is -0.0956. The molecule has 15 heavy (non-hydrogen) atoms. The van der Waals surface area contributed by atoms with Crippen LogP contribution in [-0.2, 0) is 9.53 Å². The van der Waals surface area contributed by atoms with Gasteiger partial charge in [0.05, 0.1) is 0 Å². The third kappa shape index (κ3) is 6.10. The molecule has 1 amide bonds. The maximum atomic E-state index is 11.3. The number of halogens is 1. The zero-order chi connectivity index (χ0) is 11.8. The number of carbonyl (C=O) groups excluding carboxylic acids is 1. The van der Waals surface area contributed by atoms with Crippen molar-refractivity contribution in [2.75, 3.05) is 27.3 Å². The number of likely N-dealkylation sites (N-methyl/N-ethyl adjacent to an activating group) is 1. The standard InChI is InChI=1S/C11H16ClNO2/c1-5-10(12)6-9(2)7-13(3)11(14)8-15-4/h5-6H,1-2,7-8H2,3-4H3/b10-6+. The van der Waals surface area contributed by atoms with Gasteiger partial charge in [-0.25, -0.2) is 0 Å². The molecule has 0 saturated carbocycles. The SMILES string of the molecule is C=C/C(Cl)=C\C(=C)CN(C)C(=O)COC. The minimum absolute atomic E-state index is 0.0721. The minimum Gasteiger partial charge on any atom is -0.375 e. The lowest BCUT2D eigenvalue weighted by Gasteiger charge is -2.16. The van der Waals surface area contributed by atoms with Crippen LogP contribution in [0.15, 0.2) is 35.9 Å². The summed E-state index contributed by atoms with van der Waals surface area (Å²) in [5.74, 6) is -0.0956. The molecule has 0 saturated heterocycles. The number of amides is 1. The number of hydrogen-bond acceptors (Lipinski definition) is 2. The molecule has 0 spiro atoms. The Balaban J connectivity index is 4.18. The van der Waals surface area contributed by atoms with Gasteiger partial charge in [0.15, 0.2) is 0 Å². The Kier molecular flexibility index (Phi) is 6.75. The number of methoxy groups -OCH3 is 1. The second kappa shape index (κ2) is 7.26. The summed E-state index contributed by atoms with van der Waals surface area (Å²) in [6, 6.07) is 0. The Labute approximate surface area is 95.7 Å². The molecule has 0 aliphatic carbocycles. The van der Waals surface area contributed by atoms with E-state index in [1.807, 2.05) is 0 Å². The van der Waals surface area contributed by atoms with Gasteiger partial charge in [-0.3, -0.25) is 4.79 Å². The van der Waals surface area contributed by atoms with Gasteiger partial charge < -0.3 is 9.64 Å². The summed E-state index contributed by atoms with van der Waals surface area (Å²) in [6.45, 7) is 7.79. The van der Waals surface area contributed by atoms with Crippen LogP contribution in [0.2, 0.25) is 0 Å². The Morgan fingerprint density at radius 2 is 2.20 bits per heavy atom. The molecule has 0 aromatic carbocycles. The fourth-order valence-corrected chi connectivity index (χ4v) is 1.08. The quantitative estimate of drug-likeness (QED) is 0.652. The molecule has 0 bridgehead atoms. The summed E-state index contributed by atoms with van der Waals surface area (Å²) in [6.07, 6.45) is 3.19. The van der Waals surface area contributed by atoms with E-state index in [1.54, 1.807) is 13.1 Å².